The summed E-state index contributed by atoms with van der Waals surface area (Å²) in [6.07, 6.45) is 4.35. The first-order chi connectivity index (χ1) is 20.3. The smallest absolute Gasteiger partial charge is 0.269 e. The first-order valence-electron chi connectivity index (χ1n) is 14.0. The normalized spacial score (nSPS) is 15.8. The number of carbonyl (C=O) groups is 1. The Morgan fingerprint density at radius 2 is 2.02 bits per heavy atom. The minimum atomic E-state index is -0.267. The fourth-order valence-corrected chi connectivity index (χ4v) is 5.97. The van der Waals surface area contributed by atoms with Crippen LogP contribution in [0.15, 0.2) is 53.6 Å². The van der Waals surface area contributed by atoms with E-state index in [-0.39, 0.29) is 23.6 Å². The van der Waals surface area contributed by atoms with E-state index in [1.807, 2.05) is 41.4 Å². The van der Waals surface area contributed by atoms with Crippen LogP contribution in [0.4, 0.5) is 5.69 Å². The molecule has 5 heterocycles. The summed E-state index contributed by atoms with van der Waals surface area (Å²) >= 11 is 6.31. The topological polar surface area (TPSA) is 116 Å². The maximum absolute atomic E-state index is 13.9. The minimum absolute atomic E-state index is 0.0334. The molecule has 1 unspecified atom stereocenters. The Balaban J connectivity index is 1.48. The fourth-order valence-electron chi connectivity index (χ4n) is 5.82. The number of benzene rings is 1. The Bertz CT molecular complexity index is 1870. The van der Waals surface area contributed by atoms with E-state index in [4.69, 9.17) is 21.4 Å². The molecule has 10 nitrogen and oxygen atoms in total. The number of aryl methyl sites for hydroxylation is 2. The number of anilines is 1. The molecule has 1 aromatic carbocycles. The number of fused-ring (bicyclic) bond motifs is 3. The Morgan fingerprint density at radius 1 is 1.19 bits per heavy atom. The summed E-state index contributed by atoms with van der Waals surface area (Å²) in [4.78, 5) is 34.8. The van der Waals surface area contributed by atoms with Gasteiger partial charge in [0, 0.05) is 54.2 Å². The largest absolute Gasteiger partial charge is 0.379 e. The lowest BCUT2D eigenvalue weighted by Gasteiger charge is -2.22. The average Bonchev–Trinajstić information content (AvgIpc) is 3.68. The molecule has 0 spiro atoms. The number of ether oxygens (including phenoxy) is 1. The van der Waals surface area contributed by atoms with Crippen LogP contribution in [-0.4, -0.2) is 50.5 Å². The zero-order valence-electron chi connectivity index (χ0n) is 23.9. The van der Waals surface area contributed by atoms with Crippen molar-refractivity contribution in [2.75, 3.05) is 25.6 Å². The highest BCUT2D eigenvalue weighted by Crippen LogP contribution is 2.36. The van der Waals surface area contributed by atoms with Crippen LogP contribution >= 0.6 is 11.6 Å². The summed E-state index contributed by atoms with van der Waals surface area (Å²) in [5.41, 5.74) is 5.12. The molecule has 5 aromatic rings. The Morgan fingerprint density at radius 3 is 2.71 bits per heavy atom. The van der Waals surface area contributed by atoms with Crippen molar-refractivity contribution in [3.63, 3.8) is 0 Å². The van der Waals surface area contributed by atoms with E-state index in [0.29, 0.717) is 47.2 Å². The molecule has 0 saturated carbocycles. The van der Waals surface area contributed by atoms with Gasteiger partial charge in [-0.05, 0) is 68.7 Å². The van der Waals surface area contributed by atoms with E-state index in [1.165, 1.54) is 0 Å². The molecule has 42 heavy (non-hydrogen) atoms. The number of nitrogens with one attached hydrogen (secondary N) is 2. The maximum Gasteiger partial charge on any atom is 0.269 e. The third-order valence-corrected chi connectivity index (χ3v) is 8.06. The van der Waals surface area contributed by atoms with Crippen LogP contribution in [0.2, 0.25) is 5.15 Å². The summed E-state index contributed by atoms with van der Waals surface area (Å²) in [6, 6.07) is 11.0. The van der Waals surface area contributed by atoms with Crippen LogP contribution in [-0.2, 0) is 11.3 Å². The van der Waals surface area contributed by atoms with Crippen molar-refractivity contribution in [1.29, 1.82) is 0 Å². The van der Waals surface area contributed by atoms with E-state index < -0.39 is 0 Å². The Kier molecular flexibility index (Phi) is 7.42. The first kappa shape index (κ1) is 27.9. The van der Waals surface area contributed by atoms with Crippen molar-refractivity contribution < 1.29 is 9.53 Å². The highest BCUT2D eigenvalue weighted by Gasteiger charge is 2.26. The molecule has 4 aromatic heterocycles. The molecule has 0 radical (unpaired) electrons. The van der Waals surface area contributed by atoms with Crippen LogP contribution in [0.1, 0.15) is 54.0 Å². The van der Waals surface area contributed by atoms with Gasteiger partial charge in [-0.15, -0.1) is 0 Å². The molecule has 1 fully saturated rings. The lowest BCUT2D eigenvalue weighted by atomic mass is 9.95. The van der Waals surface area contributed by atoms with Gasteiger partial charge >= 0.3 is 0 Å². The van der Waals surface area contributed by atoms with Crippen molar-refractivity contribution in [1.82, 2.24) is 29.6 Å². The number of hydrogen-bond acceptors (Lipinski definition) is 7. The summed E-state index contributed by atoms with van der Waals surface area (Å²) in [5.74, 6) is -0.267. The number of nitrogens with zero attached hydrogens (tertiary/aromatic N) is 5. The SMILES string of the molecule is CCn1c(=O)c2cc(C)cc(C(C)Nc3ccc(Cl)nc3-c3ccc(C(=O)NC)nc3)c2c2cnn([C@H]3CCOC3)c21. The van der Waals surface area contributed by atoms with Gasteiger partial charge in [-0.25, -0.2) is 9.67 Å². The van der Waals surface area contributed by atoms with Crippen LogP contribution < -0.4 is 16.2 Å². The second kappa shape index (κ2) is 11.2. The third kappa shape index (κ3) is 4.80. The second-order valence-corrected chi connectivity index (χ2v) is 11.0. The van der Waals surface area contributed by atoms with E-state index >= 15 is 0 Å². The quantitative estimate of drug-likeness (QED) is 0.250. The van der Waals surface area contributed by atoms with Gasteiger partial charge in [0.1, 0.15) is 16.5 Å². The molecule has 216 valence electrons. The van der Waals surface area contributed by atoms with Crippen LogP contribution in [0.3, 0.4) is 0 Å². The fraction of sp³-hybridized carbons (Fsp3) is 0.323. The lowest BCUT2D eigenvalue weighted by molar-refractivity contribution is 0.0958. The summed E-state index contributed by atoms with van der Waals surface area (Å²) in [5, 5.41) is 13.8. The zero-order chi connectivity index (χ0) is 29.5. The van der Waals surface area contributed by atoms with Gasteiger partial charge in [-0.2, -0.15) is 5.10 Å². The molecular weight excluding hydrogens is 554 g/mol. The van der Waals surface area contributed by atoms with E-state index in [9.17, 15) is 9.59 Å². The average molecular weight is 586 g/mol. The lowest BCUT2D eigenvalue weighted by Crippen LogP contribution is -2.24. The summed E-state index contributed by atoms with van der Waals surface area (Å²) < 4.78 is 9.43. The predicted molar refractivity (Wildman–Crippen MR) is 164 cm³/mol. The molecule has 2 N–H and O–H groups in total. The van der Waals surface area contributed by atoms with Crippen molar-refractivity contribution in [3.05, 3.63) is 81.1 Å². The molecule has 2 atom stereocenters. The van der Waals surface area contributed by atoms with Crippen LogP contribution in [0.25, 0.3) is 33.1 Å². The van der Waals surface area contributed by atoms with Gasteiger partial charge in [-0.3, -0.25) is 19.1 Å². The number of amides is 1. The number of rotatable bonds is 7. The highest BCUT2D eigenvalue weighted by atomic mass is 35.5. The third-order valence-electron chi connectivity index (χ3n) is 7.85. The molecule has 11 heteroatoms. The van der Waals surface area contributed by atoms with Gasteiger partial charge in [-0.1, -0.05) is 17.7 Å². The predicted octanol–water partition coefficient (Wildman–Crippen LogP) is 5.28. The van der Waals surface area contributed by atoms with Crippen molar-refractivity contribution in [3.8, 4) is 11.3 Å². The number of aromatic nitrogens is 5. The standard InChI is InChI=1S/C31H32ClN7O3/c1-5-38-30-23(15-35-39(30)20-10-11-42-16-20)27-21(12-17(2)13-22(27)31(38)41)18(3)36-24-8-9-26(32)37-28(24)19-6-7-25(34-14-19)29(40)33-4/h6-9,12-15,18,20,36H,5,10-11,16H2,1-4H3,(H,33,40)/t18?,20-/m0/s1. The molecule has 0 bridgehead atoms. The van der Waals surface area contributed by atoms with E-state index in [2.05, 4.69) is 33.6 Å². The molecule has 1 saturated heterocycles. The van der Waals surface area contributed by atoms with Crippen LogP contribution in [0.5, 0.6) is 0 Å². The van der Waals surface area contributed by atoms with Gasteiger partial charge in [0.25, 0.3) is 11.5 Å². The second-order valence-electron chi connectivity index (χ2n) is 10.6. The van der Waals surface area contributed by atoms with Gasteiger partial charge in [0.15, 0.2) is 0 Å². The highest BCUT2D eigenvalue weighted by molar-refractivity contribution is 6.29. The Labute approximate surface area is 247 Å². The number of hydrogen-bond donors (Lipinski definition) is 2. The van der Waals surface area contributed by atoms with Gasteiger partial charge in [0.05, 0.1) is 30.2 Å². The summed E-state index contributed by atoms with van der Waals surface area (Å²) in [6.45, 7) is 7.85. The molecule has 0 aliphatic carbocycles. The van der Waals surface area contributed by atoms with Gasteiger partial charge in [0.2, 0.25) is 0 Å². The van der Waals surface area contributed by atoms with Crippen molar-refractivity contribution >= 4 is 45.0 Å². The maximum atomic E-state index is 13.9. The van der Waals surface area contributed by atoms with Crippen molar-refractivity contribution in [2.24, 2.45) is 0 Å². The van der Waals surface area contributed by atoms with E-state index in [1.54, 1.807) is 31.4 Å². The molecule has 1 aliphatic heterocycles. The molecular formula is C31H32ClN7O3. The monoisotopic (exact) mass is 585 g/mol. The minimum Gasteiger partial charge on any atom is -0.379 e. The summed E-state index contributed by atoms with van der Waals surface area (Å²) in [7, 11) is 1.56. The van der Waals surface area contributed by atoms with Crippen LogP contribution in [0, 0.1) is 6.92 Å². The number of carbonyl (C=O) groups excluding carboxylic acids is 1. The molecule has 1 amide bonds. The molecule has 1 aliphatic rings. The Hall–Kier alpha value is -4.28. The zero-order valence-corrected chi connectivity index (χ0v) is 24.7. The first-order valence-corrected chi connectivity index (χ1v) is 14.4. The molecule has 6 rings (SSSR count). The van der Waals surface area contributed by atoms with Gasteiger partial charge < -0.3 is 15.4 Å². The van der Waals surface area contributed by atoms with E-state index in [0.717, 1.165) is 39.7 Å². The van der Waals surface area contributed by atoms with Crippen molar-refractivity contribution in [2.45, 2.75) is 45.8 Å². The number of halogens is 1. The number of pyridine rings is 3.